The quantitative estimate of drug-likeness (QED) is 0.669. The van der Waals surface area contributed by atoms with Crippen LogP contribution in [0.25, 0.3) is 0 Å². The van der Waals surface area contributed by atoms with E-state index in [-0.39, 0.29) is 11.7 Å². The zero-order valence-corrected chi connectivity index (χ0v) is 12.0. The van der Waals surface area contributed by atoms with Crippen molar-refractivity contribution in [3.63, 3.8) is 0 Å². The van der Waals surface area contributed by atoms with Gasteiger partial charge in [-0.25, -0.2) is 0 Å². The van der Waals surface area contributed by atoms with Gasteiger partial charge in [-0.05, 0) is 37.1 Å². The summed E-state index contributed by atoms with van der Waals surface area (Å²) in [6.45, 7) is 3.97. The molecule has 0 fully saturated rings. The van der Waals surface area contributed by atoms with Crippen LogP contribution in [-0.4, -0.2) is 16.0 Å². The van der Waals surface area contributed by atoms with E-state index < -0.39 is 0 Å². The smallest absolute Gasteiger partial charge is 0.245 e. The molecule has 20 heavy (non-hydrogen) atoms. The Morgan fingerprint density at radius 2 is 1.90 bits per heavy atom. The van der Waals surface area contributed by atoms with Crippen molar-refractivity contribution < 1.29 is 4.74 Å². The second kappa shape index (κ2) is 5.88. The van der Waals surface area contributed by atoms with Gasteiger partial charge in [-0.3, -0.25) is 5.41 Å². The molecule has 0 saturated carbocycles. The highest BCUT2D eigenvalue weighted by Crippen LogP contribution is 2.21. The third-order valence-corrected chi connectivity index (χ3v) is 3.23. The molecule has 6 heteroatoms. The molecule has 0 atom stereocenters. The molecule has 0 saturated heterocycles. The van der Waals surface area contributed by atoms with Crippen LogP contribution >= 0.6 is 11.6 Å². The van der Waals surface area contributed by atoms with Crippen molar-refractivity contribution in [2.24, 2.45) is 5.73 Å². The number of nitrogen functional groups attached to an aromatic ring is 1. The molecule has 3 N–H and O–H groups in total. The molecule has 2 aromatic rings. The Morgan fingerprint density at radius 1 is 1.25 bits per heavy atom. The first-order valence-corrected chi connectivity index (χ1v) is 6.42. The van der Waals surface area contributed by atoms with Crippen LogP contribution < -0.4 is 10.5 Å². The molecule has 2 rings (SSSR count). The van der Waals surface area contributed by atoms with Gasteiger partial charge < -0.3 is 10.5 Å². The number of hydrogen-bond donors (Lipinski definition) is 2. The molecular formula is C14H15ClN4O. The maximum absolute atomic E-state index is 7.64. The van der Waals surface area contributed by atoms with E-state index in [0.717, 1.165) is 16.8 Å². The fraction of sp³-hybridized carbons (Fsp3) is 0.214. The van der Waals surface area contributed by atoms with E-state index >= 15 is 0 Å². The molecule has 1 aromatic carbocycles. The van der Waals surface area contributed by atoms with Crippen LogP contribution in [0.2, 0.25) is 5.02 Å². The highest BCUT2D eigenvalue weighted by molar-refractivity contribution is 6.30. The Hall–Kier alpha value is -2.14. The fourth-order valence-electron chi connectivity index (χ4n) is 1.74. The van der Waals surface area contributed by atoms with Crippen LogP contribution in [0.5, 0.6) is 5.88 Å². The van der Waals surface area contributed by atoms with Crippen molar-refractivity contribution >= 4 is 17.4 Å². The molecule has 104 valence electrons. The van der Waals surface area contributed by atoms with Crippen molar-refractivity contribution in [3.05, 3.63) is 51.7 Å². The Balaban J connectivity index is 2.23. The molecule has 0 spiro atoms. The minimum atomic E-state index is -0.0772. The molecule has 1 aromatic heterocycles. The lowest BCUT2D eigenvalue weighted by Gasteiger charge is -2.12. The number of ether oxygens (including phenoxy) is 1. The average molecular weight is 291 g/mol. The lowest BCUT2D eigenvalue weighted by atomic mass is 10.1. The van der Waals surface area contributed by atoms with Crippen LogP contribution in [0.3, 0.4) is 0 Å². The number of hydrogen-bond acceptors (Lipinski definition) is 4. The predicted octanol–water partition coefficient (Wildman–Crippen LogP) is 2.61. The normalized spacial score (nSPS) is 10.3. The molecule has 0 radical (unpaired) electrons. The highest BCUT2D eigenvalue weighted by atomic mass is 35.5. The van der Waals surface area contributed by atoms with Crippen molar-refractivity contribution in [2.45, 2.75) is 20.5 Å². The summed E-state index contributed by atoms with van der Waals surface area (Å²) in [4.78, 5) is 0. The number of nitrogens with two attached hydrogens (primary N) is 1. The molecule has 0 aliphatic carbocycles. The monoisotopic (exact) mass is 290 g/mol. The number of benzene rings is 1. The number of aromatic nitrogens is 2. The first kappa shape index (κ1) is 14.3. The van der Waals surface area contributed by atoms with E-state index in [0.29, 0.717) is 17.2 Å². The molecule has 1 heterocycles. The maximum atomic E-state index is 7.64. The minimum Gasteiger partial charge on any atom is -0.471 e. The van der Waals surface area contributed by atoms with Gasteiger partial charge in [0, 0.05) is 5.02 Å². The summed E-state index contributed by atoms with van der Waals surface area (Å²) in [6, 6.07) is 7.31. The Morgan fingerprint density at radius 3 is 2.50 bits per heavy atom. The van der Waals surface area contributed by atoms with Gasteiger partial charge in [0.15, 0.2) is 0 Å². The molecule has 0 unspecified atom stereocenters. The minimum absolute atomic E-state index is 0.0772. The lowest BCUT2D eigenvalue weighted by molar-refractivity contribution is 0.289. The number of nitrogens with zero attached hydrogens (tertiary/aromatic N) is 2. The van der Waals surface area contributed by atoms with E-state index in [2.05, 4.69) is 10.2 Å². The van der Waals surface area contributed by atoms with E-state index in [1.165, 1.54) is 0 Å². The molecular weight excluding hydrogens is 276 g/mol. The molecule has 0 amide bonds. The Labute approximate surface area is 122 Å². The summed E-state index contributed by atoms with van der Waals surface area (Å²) < 4.78 is 5.62. The summed E-state index contributed by atoms with van der Waals surface area (Å²) in [5, 5.41) is 16.3. The van der Waals surface area contributed by atoms with Crippen LogP contribution in [0, 0.1) is 19.3 Å². The first-order valence-electron chi connectivity index (χ1n) is 6.04. The third-order valence-electron chi connectivity index (χ3n) is 2.98. The summed E-state index contributed by atoms with van der Waals surface area (Å²) in [6.07, 6.45) is 0. The topological polar surface area (TPSA) is 84.9 Å². The van der Waals surface area contributed by atoms with Crippen molar-refractivity contribution in [3.8, 4) is 5.88 Å². The van der Waals surface area contributed by atoms with Crippen LogP contribution in [0.1, 0.15) is 22.4 Å². The molecule has 5 nitrogen and oxygen atoms in total. The van der Waals surface area contributed by atoms with E-state index in [1.54, 1.807) is 12.1 Å². The van der Waals surface area contributed by atoms with Crippen LogP contribution in [0.15, 0.2) is 24.3 Å². The van der Waals surface area contributed by atoms with Gasteiger partial charge in [-0.1, -0.05) is 23.7 Å². The second-order valence-electron chi connectivity index (χ2n) is 4.42. The number of rotatable bonds is 4. The predicted molar refractivity (Wildman–Crippen MR) is 78.3 cm³/mol. The van der Waals surface area contributed by atoms with Crippen molar-refractivity contribution in [1.29, 1.82) is 5.41 Å². The fourth-order valence-corrected chi connectivity index (χ4v) is 1.86. The number of nitrogens with one attached hydrogen (secondary N) is 1. The van der Waals surface area contributed by atoms with Gasteiger partial charge >= 0.3 is 0 Å². The largest absolute Gasteiger partial charge is 0.471 e. The van der Waals surface area contributed by atoms with Gasteiger partial charge in [-0.2, -0.15) is 5.10 Å². The summed E-state index contributed by atoms with van der Waals surface area (Å²) in [7, 11) is 0. The zero-order valence-electron chi connectivity index (χ0n) is 11.3. The van der Waals surface area contributed by atoms with E-state index in [1.807, 2.05) is 26.0 Å². The van der Waals surface area contributed by atoms with E-state index in [9.17, 15) is 0 Å². The standard InChI is InChI=1S/C14H15ClN4O/c1-8-9(2)18-19-14(12(8)13(16)17)20-7-10-3-5-11(15)6-4-10/h3-6H,7H2,1-2H3,(H3,16,17). The van der Waals surface area contributed by atoms with Gasteiger partial charge in [0.25, 0.3) is 0 Å². The van der Waals surface area contributed by atoms with Gasteiger partial charge in [0.2, 0.25) is 5.88 Å². The van der Waals surface area contributed by atoms with Gasteiger partial charge in [0.1, 0.15) is 12.4 Å². The summed E-state index contributed by atoms with van der Waals surface area (Å²) in [5.74, 6) is 0.196. The molecule has 0 bridgehead atoms. The van der Waals surface area contributed by atoms with Gasteiger partial charge in [0.05, 0.1) is 11.3 Å². The average Bonchev–Trinajstić information content (AvgIpc) is 2.41. The molecule has 0 aliphatic heterocycles. The number of halogens is 1. The molecule has 0 aliphatic rings. The van der Waals surface area contributed by atoms with Crippen LogP contribution in [0.4, 0.5) is 0 Å². The Bertz CT molecular complexity index is 640. The zero-order chi connectivity index (χ0) is 14.7. The van der Waals surface area contributed by atoms with Crippen molar-refractivity contribution in [2.75, 3.05) is 0 Å². The van der Waals surface area contributed by atoms with Gasteiger partial charge in [-0.15, -0.1) is 5.10 Å². The Kier molecular flexibility index (Phi) is 4.20. The number of aryl methyl sites for hydroxylation is 1. The van der Waals surface area contributed by atoms with Crippen molar-refractivity contribution in [1.82, 2.24) is 10.2 Å². The van der Waals surface area contributed by atoms with E-state index in [4.69, 9.17) is 27.5 Å². The first-order chi connectivity index (χ1) is 9.49. The highest BCUT2D eigenvalue weighted by Gasteiger charge is 2.15. The third kappa shape index (κ3) is 3.05. The SMILES string of the molecule is Cc1nnc(OCc2ccc(Cl)cc2)c(C(=N)N)c1C. The number of amidine groups is 1. The lowest BCUT2D eigenvalue weighted by Crippen LogP contribution is -2.17. The van der Waals surface area contributed by atoms with Crippen LogP contribution in [-0.2, 0) is 6.61 Å². The summed E-state index contributed by atoms with van der Waals surface area (Å²) in [5.41, 5.74) is 8.57. The summed E-state index contributed by atoms with van der Waals surface area (Å²) >= 11 is 5.83. The second-order valence-corrected chi connectivity index (χ2v) is 4.86. The maximum Gasteiger partial charge on any atom is 0.245 e.